The van der Waals surface area contributed by atoms with Crippen LogP contribution in [0.15, 0.2) is 41.3 Å². The molecule has 3 aliphatic rings. The zero-order valence-electron chi connectivity index (χ0n) is 24.5. The number of hydrogen-bond acceptors (Lipinski definition) is 4. The summed E-state index contributed by atoms with van der Waals surface area (Å²) in [6, 6.07) is 11.1. The van der Waals surface area contributed by atoms with Gasteiger partial charge in [0.05, 0.1) is 28.5 Å². The average molecular weight is 640 g/mol. The van der Waals surface area contributed by atoms with E-state index in [1.807, 2.05) is 24.8 Å². The molecule has 43 heavy (non-hydrogen) atoms. The third-order valence-electron chi connectivity index (χ3n) is 9.10. The monoisotopic (exact) mass is 638 g/mol. The van der Waals surface area contributed by atoms with Crippen molar-refractivity contribution < 1.29 is 13.8 Å². The molecule has 226 valence electrons. The number of amides is 2. The van der Waals surface area contributed by atoms with Crippen LogP contribution in [0.5, 0.6) is 0 Å². The molecule has 2 aromatic carbocycles. The predicted molar refractivity (Wildman–Crippen MR) is 174 cm³/mol. The van der Waals surface area contributed by atoms with Crippen LogP contribution in [-0.2, 0) is 32.6 Å². The van der Waals surface area contributed by atoms with Gasteiger partial charge in [0.25, 0.3) is 5.91 Å². The van der Waals surface area contributed by atoms with Gasteiger partial charge in [0, 0.05) is 62.3 Å². The van der Waals surface area contributed by atoms with Gasteiger partial charge in [-0.25, -0.2) is 0 Å². The van der Waals surface area contributed by atoms with E-state index in [9.17, 15) is 13.8 Å². The van der Waals surface area contributed by atoms with Gasteiger partial charge >= 0.3 is 0 Å². The Morgan fingerprint density at radius 1 is 1.02 bits per heavy atom. The molecule has 1 atom stereocenters. The second-order valence-electron chi connectivity index (χ2n) is 11.7. The number of carbonyl (C=O) groups excluding carboxylic acids is 2. The summed E-state index contributed by atoms with van der Waals surface area (Å²) in [4.78, 5) is 34.9. The molecule has 0 spiro atoms. The maximum Gasteiger partial charge on any atom is 0.256 e. The van der Waals surface area contributed by atoms with Crippen LogP contribution in [0, 0.1) is 13.8 Å². The molecule has 2 amide bonds. The highest BCUT2D eigenvalue weighted by atomic mass is 35.5. The molecule has 0 radical (unpaired) electrons. The van der Waals surface area contributed by atoms with Crippen LogP contribution in [0.4, 0.5) is 5.69 Å². The van der Waals surface area contributed by atoms with E-state index in [0.29, 0.717) is 49.8 Å². The molecule has 3 aliphatic heterocycles. The van der Waals surface area contributed by atoms with E-state index >= 15 is 0 Å². The Bertz CT molecular complexity index is 1610. The molecule has 0 saturated carbocycles. The zero-order valence-corrected chi connectivity index (χ0v) is 26.8. The van der Waals surface area contributed by atoms with Crippen molar-refractivity contribution in [2.45, 2.75) is 62.6 Å². The number of aromatic nitrogens is 1. The highest BCUT2D eigenvalue weighted by Gasteiger charge is 2.30. The number of halogens is 2. The number of anilines is 1. The fourth-order valence-corrected chi connectivity index (χ4v) is 8.45. The fraction of sp³-hybridized carbons (Fsp3) is 0.394. The van der Waals surface area contributed by atoms with E-state index in [-0.39, 0.29) is 17.6 Å². The zero-order chi connectivity index (χ0) is 30.2. The van der Waals surface area contributed by atoms with E-state index in [0.717, 1.165) is 48.4 Å². The summed E-state index contributed by atoms with van der Waals surface area (Å²) >= 11 is 12.6. The lowest BCUT2D eigenvalue weighted by atomic mass is 10.0. The number of likely N-dealkylation sites (tertiary alicyclic amines) is 2. The lowest BCUT2D eigenvalue weighted by molar-refractivity contribution is -0.132. The van der Waals surface area contributed by atoms with Crippen LogP contribution < -0.4 is 5.32 Å². The van der Waals surface area contributed by atoms with Gasteiger partial charge in [-0.05, 0) is 100 Å². The molecule has 7 nitrogen and oxygen atoms in total. The van der Waals surface area contributed by atoms with Gasteiger partial charge in [0.15, 0.2) is 0 Å². The third-order valence-corrected chi connectivity index (χ3v) is 11.1. The Morgan fingerprint density at radius 3 is 2.42 bits per heavy atom. The molecule has 4 heterocycles. The highest BCUT2D eigenvalue weighted by molar-refractivity contribution is 7.84. The molecule has 2 N–H and O–H groups in total. The smallest absolute Gasteiger partial charge is 0.256 e. The number of H-pyrrole nitrogens is 1. The van der Waals surface area contributed by atoms with Gasteiger partial charge < -0.3 is 20.1 Å². The standard InChI is InChI=1S/C33H36Cl2N4O3S/c1-20-24(18-32(40)39-14-10-22(11-15-39)38-12-3-4-13-38)21(2)36-31(20)17-26-25-16-23(8-9-30(25)37-33(26)41)43(42)19-27-28(34)6-5-7-29(27)35/h5-9,16-17,22,36H,3-4,10-15,18-19H2,1-2H3,(H,37,41)/b26-17-. The first-order valence-corrected chi connectivity index (χ1v) is 17.0. The van der Waals surface area contributed by atoms with E-state index in [1.165, 1.54) is 25.9 Å². The van der Waals surface area contributed by atoms with Crippen LogP contribution in [0.3, 0.4) is 0 Å². The Balaban J connectivity index is 1.18. The molecule has 6 rings (SSSR count). The number of carbonyl (C=O) groups is 2. The van der Waals surface area contributed by atoms with Crippen LogP contribution in [-0.4, -0.2) is 63.0 Å². The molecule has 0 aliphatic carbocycles. The maximum atomic E-state index is 13.3. The largest absolute Gasteiger partial charge is 0.359 e. The SMILES string of the molecule is Cc1[nH]c(/C=C2\C(=O)Nc3ccc(S(=O)Cc4c(Cl)cccc4Cl)cc32)c(C)c1CC(=O)N1CCC(N2CCCC2)CC1. The van der Waals surface area contributed by atoms with Gasteiger partial charge in [0.1, 0.15) is 0 Å². The van der Waals surface area contributed by atoms with Gasteiger partial charge in [-0.2, -0.15) is 0 Å². The summed E-state index contributed by atoms with van der Waals surface area (Å²) in [7, 11) is -1.42. The summed E-state index contributed by atoms with van der Waals surface area (Å²) in [5.41, 5.74) is 6.12. The predicted octanol–water partition coefficient (Wildman–Crippen LogP) is 6.37. The quantitative estimate of drug-likeness (QED) is 0.295. The molecule has 1 unspecified atom stereocenters. The maximum absolute atomic E-state index is 13.3. The minimum atomic E-state index is -1.42. The Morgan fingerprint density at radius 2 is 1.72 bits per heavy atom. The minimum absolute atomic E-state index is 0.152. The first kappa shape index (κ1) is 30.1. The van der Waals surface area contributed by atoms with Crippen molar-refractivity contribution in [2.24, 2.45) is 0 Å². The third kappa shape index (κ3) is 6.21. The number of fused-ring (bicyclic) bond motifs is 1. The minimum Gasteiger partial charge on any atom is -0.359 e. The summed E-state index contributed by atoms with van der Waals surface area (Å²) in [6.07, 6.45) is 6.83. The number of aromatic amines is 1. The average Bonchev–Trinajstić information content (AvgIpc) is 3.70. The van der Waals surface area contributed by atoms with Crippen LogP contribution in [0.1, 0.15) is 59.3 Å². The Hall–Kier alpha value is -2.91. The normalized spacial score (nSPS) is 19.2. The van der Waals surface area contributed by atoms with Crippen molar-refractivity contribution >= 4 is 63.2 Å². The van der Waals surface area contributed by atoms with Crippen LogP contribution in [0.2, 0.25) is 10.0 Å². The molecule has 10 heteroatoms. The molecule has 3 aromatic rings. The van der Waals surface area contributed by atoms with Gasteiger partial charge in [-0.3, -0.25) is 13.8 Å². The number of rotatable bonds is 7. The summed E-state index contributed by atoms with van der Waals surface area (Å²) in [5, 5.41) is 3.86. The number of benzene rings is 2. The molecule has 2 fully saturated rings. The molecule has 1 aromatic heterocycles. The topological polar surface area (TPSA) is 85.5 Å². The van der Waals surface area contributed by atoms with Crippen LogP contribution in [0.25, 0.3) is 11.6 Å². The second kappa shape index (κ2) is 12.6. The summed E-state index contributed by atoms with van der Waals surface area (Å²) in [5.74, 6) is 0.0937. The molecule has 2 saturated heterocycles. The highest BCUT2D eigenvalue weighted by Crippen LogP contribution is 2.36. The van der Waals surface area contributed by atoms with Crippen molar-refractivity contribution in [1.82, 2.24) is 14.8 Å². The number of nitrogens with zero attached hydrogens (tertiary/aromatic N) is 2. The van der Waals surface area contributed by atoms with Crippen molar-refractivity contribution in [3.63, 3.8) is 0 Å². The van der Waals surface area contributed by atoms with E-state index in [1.54, 1.807) is 36.4 Å². The lowest BCUT2D eigenvalue weighted by Gasteiger charge is -2.36. The summed E-state index contributed by atoms with van der Waals surface area (Å²) in [6.45, 7) is 7.96. The second-order valence-corrected chi connectivity index (χ2v) is 14.0. The van der Waals surface area contributed by atoms with Gasteiger partial charge in [0.2, 0.25) is 5.91 Å². The Kier molecular flexibility index (Phi) is 8.83. The number of hydrogen-bond donors (Lipinski definition) is 2. The van der Waals surface area contributed by atoms with Crippen molar-refractivity contribution in [3.05, 3.63) is 80.1 Å². The first-order chi connectivity index (χ1) is 20.7. The number of aryl methyl sites for hydroxylation is 1. The number of nitrogens with one attached hydrogen (secondary N) is 2. The first-order valence-electron chi connectivity index (χ1n) is 14.9. The van der Waals surface area contributed by atoms with Gasteiger partial charge in [-0.1, -0.05) is 29.3 Å². The van der Waals surface area contributed by atoms with E-state index in [4.69, 9.17) is 23.2 Å². The summed E-state index contributed by atoms with van der Waals surface area (Å²) < 4.78 is 13.3. The van der Waals surface area contributed by atoms with Crippen LogP contribution >= 0.6 is 23.2 Å². The van der Waals surface area contributed by atoms with Crippen molar-refractivity contribution in [2.75, 3.05) is 31.5 Å². The Labute approximate surface area is 265 Å². The molecular formula is C33H36Cl2N4O3S. The molecular weight excluding hydrogens is 603 g/mol. The van der Waals surface area contributed by atoms with Gasteiger partial charge in [-0.15, -0.1) is 0 Å². The van der Waals surface area contributed by atoms with E-state index in [2.05, 4.69) is 15.2 Å². The van der Waals surface area contributed by atoms with Crippen molar-refractivity contribution in [3.8, 4) is 0 Å². The number of piperidine rings is 1. The lowest BCUT2D eigenvalue weighted by Crippen LogP contribution is -2.46. The fourth-order valence-electron chi connectivity index (χ4n) is 6.56. The van der Waals surface area contributed by atoms with Crippen molar-refractivity contribution in [1.29, 1.82) is 0 Å². The van der Waals surface area contributed by atoms with E-state index < -0.39 is 10.8 Å². The molecule has 0 bridgehead atoms.